The monoisotopic (exact) mass is 1230 g/mol. The summed E-state index contributed by atoms with van der Waals surface area (Å²) in [6, 6.07) is 0. The van der Waals surface area contributed by atoms with Gasteiger partial charge in [0.05, 0.1) is 27.7 Å². The van der Waals surface area contributed by atoms with Gasteiger partial charge in [0.15, 0.2) is 6.10 Å². The van der Waals surface area contributed by atoms with E-state index in [1.165, 1.54) is 25.7 Å². The van der Waals surface area contributed by atoms with Crippen LogP contribution in [0.4, 0.5) is 0 Å². The molecule has 0 spiro atoms. The summed E-state index contributed by atoms with van der Waals surface area (Å²) in [7, 11) is 1.43. The molecule has 494 valence electrons. The number of esters is 2. The molecule has 2 unspecified atom stereocenters. The summed E-state index contributed by atoms with van der Waals surface area (Å²) >= 11 is 0. The Labute approximate surface area is 539 Å². The van der Waals surface area contributed by atoms with Crippen LogP contribution in [0.1, 0.15) is 232 Å². The number of phosphoric acid groups is 1. The van der Waals surface area contributed by atoms with E-state index in [0.29, 0.717) is 23.9 Å². The van der Waals surface area contributed by atoms with E-state index in [1.807, 2.05) is 21.1 Å². The maximum Gasteiger partial charge on any atom is 0.472 e. The van der Waals surface area contributed by atoms with Gasteiger partial charge in [0.1, 0.15) is 19.8 Å². The summed E-state index contributed by atoms with van der Waals surface area (Å²) in [5, 5.41) is 0. The van der Waals surface area contributed by atoms with Crippen molar-refractivity contribution in [2.75, 3.05) is 47.5 Å². The molecule has 9 nitrogen and oxygen atoms in total. The summed E-state index contributed by atoms with van der Waals surface area (Å²) in [5.41, 5.74) is 0. The summed E-state index contributed by atoms with van der Waals surface area (Å²) in [6.45, 7) is 4.15. The van der Waals surface area contributed by atoms with Crippen molar-refractivity contribution in [1.29, 1.82) is 0 Å². The van der Waals surface area contributed by atoms with Gasteiger partial charge in [0, 0.05) is 12.8 Å². The van der Waals surface area contributed by atoms with Gasteiger partial charge in [-0.2, -0.15) is 0 Å². The Morgan fingerprint density at radius 3 is 0.909 bits per heavy atom. The molecule has 0 bridgehead atoms. The zero-order chi connectivity index (χ0) is 64.1. The molecule has 0 saturated carbocycles. The minimum Gasteiger partial charge on any atom is -0.462 e. The van der Waals surface area contributed by atoms with Crippen LogP contribution in [0.25, 0.3) is 0 Å². The van der Waals surface area contributed by atoms with Crippen LogP contribution in [0, 0.1) is 0 Å². The van der Waals surface area contributed by atoms with Crippen molar-refractivity contribution < 1.29 is 42.1 Å². The first kappa shape index (κ1) is 82.8. The predicted molar refractivity (Wildman–Crippen MR) is 380 cm³/mol. The SMILES string of the molecule is CC/C=C\C/C=C\C/C=C\C/C=C\C/C=C\C/C=C\C/C=C\C/C=C\CCCCCCCCCCC(=O)OC(COC(=O)CCCCCCCC/C=C\C/C=C\C/C=C\C/C=C\C/C=C\C/C=C\C/C=C\C/C=C\CC)COP(=O)(O)OCC[N+](C)(C)C. The Hall–Kier alpha value is -5.15. The third kappa shape index (κ3) is 69.9. The van der Waals surface area contributed by atoms with Crippen LogP contribution >= 0.6 is 7.82 Å². The molecule has 0 aliphatic carbocycles. The highest BCUT2D eigenvalue weighted by Gasteiger charge is 2.27. The van der Waals surface area contributed by atoms with Crippen LogP contribution in [0.3, 0.4) is 0 Å². The molecule has 0 aromatic rings. The number of nitrogens with zero attached hydrogens (tertiary/aromatic N) is 1. The van der Waals surface area contributed by atoms with Gasteiger partial charge in [-0.05, 0) is 141 Å². The number of rotatable bonds is 60. The third-order valence-corrected chi connectivity index (χ3v) is 14.6. The number of hydrogen-bond acceptors (Lipinski definition) is 7. The number of hydrogen-bond donors (Lipinski definition) is 1. The Morgan fingerprint density at radius 2 is 0.614 bits per heavy atom. The number of unbranched alkanes of at least 4 members (excludes halogenated alkanes) is 14. The molecule has 0 saturated heterocycles. The summed E-state index contributed by atoms with van der Waals surface area (Å²) in [4.78, 5) is 35.9. The maximum absolute atomic E-state index is 12.9. The lowest BCUT2D eigenvalue weighted by molar-refractivity contribution is -0.870. The zero-order valence-corrected chi connectivity index (χ0v) is 57.0. The number of carbonyl (C=O) groups excluding carboxylic acids is 2. The molecule has 2 atom stereocenters. The molecule has 0 aromatic carbocycles. The number of ether oxygens (including phenoxy) is 2. The lowest BCUT2D eigenvalue weighted by atomic mass is 10.1. The van der Waals surface area contributed by atoms with Crippen molar-refractivity contribution in [3.8, 4) is 0 Å². The molecule has 88 heavy (non-hydrogen) atoms. The lowest BCUT2D eigenvalue weighted by Crippen LogP contribution is -2.37. The molecule has 0 aromatic heterocycles. The number of quaternary nitrogens is 1. The van der Waals surface area contributed by atoms with Crippen molar-refractivity contribution in [3.63, 3.8) is 0 Å². The van der Waals surface area contributed by atoms with E-state index >= 15 is 0 Å². The van der Waals surface area contributed by atoms with E-state index < -0.39 is 32.5 Å². The van der Waals surface area contributed by atoms with E-state index in [4.69, 9.17) is 18.5 Å². The van der Waals surface area contributed by atoms with Gasteiger partial charge in [0.2, 0.25) is 0 Å². The van der Waals surface area contributed by atoms with Gasteiger partial charge in [0.25, 0.3) is 0 Å². The van der Waals surface area contributed by atoms with Crippen LogP contribution in [-0.2, 0) is 32.7 Å². The highest BCUT2D eigenvalue weighted by molar-refractivity contribution is 7.47. The molecular weight excluding hydrogens is 1110 g/mol. The topological polar surface area (TPSA) is 108 Å². The fraction of sp³-hybridized carbons (Fsp3) is 0.564. The van der Waals surface area contributed by atoms with Crippen molar-refractivity contribution >= 4 is 19.8 Å². The lowest BCUT2D eigenvalue weighted by Gasteiger charge is -2.24. The fourth-order valence-corrected chi connectivity index (χ4v) is 9.20. The first-order valence-corrected chi connectivity index (χ1v) is 35.7. The highest BCUT2D eigenvalue weighted by Crippen LogP contribution is 2.43. The molecule has 0 radical (unpaired) electrons. The summed E-state index contributed by atoms with van der Waals surface area (Å²) in [5.74, 6) is -0.839. The van der Waals surface area contributed by atoms with E-state index in [-0.39, 0.29) is 26.1 Å². The zero-order valence-electron chi connectivity index (χ0n) is 56.1. The number of likely N-dealkylation sites (N-methyl/N-ethyl adjacent to an activating group) is 1. The van der Waals surface area contributed by atoms with E-state index in [1.54, 1.807) is 0 Å². The Bertz CT molecular complexity index is 2190. The van der Waals surface area contributed by atoms with Crippen molar-refractivity contribution in [1.82, 2.24) is 0 Å². The third-order valence-electron chi connectivity index (χ3n) is 13.6. The van der Waals surface area contributed by atoms with Crippen molar-refractivity contribution in [2.24, 2.45) is 0 Å². The van der Waals surface area contributed by atoms with Gasteiger partial charge in [-0.25, -0.2) is 4.57 Å². The molecule has 0 aliphatic heterocycles. The normalized spacial score (nSPS) is 14.4. The highest BCUT2D eigenvalue weighted by atomic mass is 31.2. The van der Waals surface area contributed by atoms with Gasteiger partial charge < -0.3 is 18.9 Å². The minimum absolute atomic E-state index is 0.0159. The van der Waals surface area contributed by atoms with Crippen molar-refractivity contribution in [3.05, 3.63) is 194 Å². The molecule has 0 rings (SSSR count). The first-order chi connectivity index (χ1) is 43.0. The van der Waals surface area contributed by atoms with Crippen LogP contribution in [0.2, 0.25) is 0 Å². The molecule has 1 N–H and O–H groups in total. The van der Waals surface area contributed by atoms with Gasteiger partial charge in [-0.3, -0.25) is 18.6 Å². The second kappa shape index (κ2) is 66.3. The van der Waals surface area contributed by atoms with Crippen LogP contribution < -0.4 is 0 Å². The van der Waals surface area contributed by atoms with E-state index in [2.05, 4.69) is 208 Å². The Balaban J connectivity index is 4.22. The fourth-order valence-electron chi connectivity index (χ4n) is 8.46. The molecule has 10 heteroatoms. The smallest absolute Gasteiger partial charge is 0.462 e. The van der Waals surface area contributed by atoms with Crippen LogP contribution in [0.15, 0.2) is 194 Å². The largest absolute Gasteiger partial charge is 0.472 e. The number of allylic oxidation sites excluding steroid dienone is 32. The maximum atomic E-state index is 12.9. The van der Waals surface area contributed by atoms with Crippen LogP contribution in [0.5, 0.6) is 0 Å². The summed E-state index contributed by atoms with van der Waals surface area (Å²) < 4.78 is 34.7. The predicted octanol–water partition coefficient (Wildman–Crippen LogP) is 22.5. The van der Waals surface area contributed by atoms with Gasteiger partial charge >= 0.3 is 19.8 Å². The van der Waals surface area contributed by atoms with Crippen molar-refractivity contribution in [2.45, 2.75) is 238 Å². The Kier molecular flexibility index (Phi) is 62.4. The second-order valence-corrected chi connectivity index (χ2v) is 24.5. The molecule has 0 fully saturated rings. The molecule has 0 heterocycles. The number of phosphoric ester groups is 1. The molecule has 0 aliphatic rings. The standard InChI is InChI=1S/C78H124NO8P/c1-6-8-10-12-14-16-18-20-22-24-26-28-30-32-34-36-38-39-41-43-45-47-49-51-53-55-57-59-61-63-65-67-69-71-78(81)87-76(75-86-88(82,83)85-73-72-79(3,4)5)74-84-77(80)70-68-66-64-62-60-58-56-54-52-50-48-46-44-42-40-37-35-33-31-29-27-25-23-21-19-17-15-13-11-9-7-2/h8-11,14-17,20-23,26-29,32-35,38-40,42-43,45-46,48-49,51-52,54,76H,6-7,12-13,18-19,24-25,30-31,36-37,41,44,47,50,53,55-75H2,1-5H3/p+1/b10-8-,11-9-,16-14-,17-15-,22-20-,23-21-,28-26-,29-27-,34-32-,35-33-,39-38-,42-40-,45-43-,48-46-,51-49-,54-52-. The second-order valence-electron chi connectivity index (χ2n) is 23.1. The van der Waals surface area contributed by atoms with Crippen LogP contribution in [-0.4, -0.2) is 74.9 Å². The van der Waals surface area contributed by atoms with Gasteiger partial charge in [-0.1, -0.05) is 272 Å². The van der Waals surface area contributed by atoms with E-state index in [9.17, 15) is 19.0 Å². The summed E-state index contributed by atoms with van der Waals surface area (Å²) in [6.07, 6.45) is 104. The first-order valence-electron chi connectivity index (χ1n) is 34.2. The average molecular weight is 1240 g/mol. The minimum atomic E-state index is -4.41. The quantitative estimate of drug-likeness (QED) is 0.0211. The Morgan fingerprint density at radius 1 is 0.352 bits per heavy atom. The molecular formula is C78H125NO8P+. The van der Waals surface area contributed by atoms with Gasteiger partial charge in [-0.15, -0.1) is 0 Å². The van der Waals surface area contributed by atoms with E-state index in [0.717, 1.165) is 167 Å². The number of carbonyl (C=O) groups is 2. The average Bonchev–Trinajstić information content (AvgIpc) is 3.56. The molecule has 0 amide bonds.